The third kappa shape index (κ3) is 3.30. The second-order valence-electron chi connectivity index (χ2n) is 5.95. The summed E-state index contributed by atoms with van der Waals surface area (Å²) in [5, 5.41) is 3.74. The van der Waals surface area contributed by atoms with E-state index in [0.29, 0.717) is 28.4 Å². The number of nitrogens with zero attached hydrogens (tertiary/aromatic N) is 1. The van der Waals surface area contributed by atoms with Crippen LogP contribution in [0.5, 0.6) is 5.75 Å². The minimum atomic E-state index is -0.465. The first-order chi connectivity index (χ1) is 12.4. The van der Waals surface area contributed by atoms with Gasteiger partial charge in [-0.25, -0.2) is 0 Å². The van der Waals surface area contributed by atoms with E-state index in [4.69, 9.17) is 16.3 Å². The normalized spacial score (nSPS) is 10.8. The number of rotatable bonds is 4. The number of carbonyl (C=O) groups excluding carboxylic acids is 1. The predicted molar refractivity (Wildman–Crippen MR) is 105 cm³/mol. The Hall–Kier alpha value is -2.79. The number of methoxy groups -OCH3 is 1. The van der Waals surface area contributed by atoms with Crippen molar-refractivity contribution in [2.45, 2.75) is 20.4 Å². The lowest BCUT2D eigenvalue weighted by Gasteiger charge is -2.13. The first kappa shape index (κ1) is 18.0. The van der Waals surface area contributed by atoms with Crippen molar-refractivity contribution in [3.05, 3.63) is 69.0 Å². The van der Waals surface area contributed by atoms with Crippen LogP contribution in [0.4, 0.5) is 5.69 Å². The SMILES string of the molecule is CCn1cc(C(=O)Nc2cc(Cl)ccc2C)c(=O)c2cc(OC)ccc21. The summed E-state index contributed by atoms with van der Waals surface area (Å²) in [4.78, 5) is 25.7. The van der Waals surface area contributed by atoms with Crippen molar-refractivity contribution >= 4 is 34.1 Å². The van der Waals surface area contributed by atoms with Crippen LogP contribution in [-0.2, 0) is 6.54 Å². The van der Waals surface area contributed by atoms with Gasteiger partial charge in [-0.1, -0.05) is 17.7 Å². The molecular formula is C20H19ClN2O3. The van der Waals surface area contributed by atoms with Crippen LogP contribution in [0, 0.1) is 6.92 Å². The van der Waals surface area contributed by atoms with Crippen LogP contribution >= 0.6 is 11.6 Å². The van der Waals surface area contributed by atoms with Crippen LogP contribution in [0.25, 0.3) is 10.9 Å². The third-order valence-corrected chi connectivity index (χ3v) is 4.56. The summed E-state index contributed by atoms with van der Waals surface area (Å²) in [7, 11) is 1.54. The van der Waals surface area contributed by atoms with E-state index in [9.17, 15) is 9.59 Å². The number of hydrogen-bond acceptors (Lipinski definition) is 3. The van der Waals surface area contributed by atoms with Crippen molar-refractivity contribution in [3.8, 4) is 5.75 Å². The van der Waals surface area contributed by atoms with Gasteiger partial charge in [-0.15, -0.1) is 0 Å². The molecule has 0 aliphatic heterocycles. The highest BCUT2D eigenvalue weighted by Crippen LogP contribution is 2.22. The zero-order chi connectivity index (χ0) is 18.8. The van der Waals surface area contributed by atoms with Gasteiger partial charge in [0.15, 0.2) is 0 Å². The van der Waals surface area contributed by atoms with E-state index in [-0.39, 0.29) is 11.0 Å². The number of amides is 1. The number of nitrogens with one attached hydrogen (secondary N) is 1. The monoisotopic (exact) mass is 370 g/mol. The van der Waals surface area contributed by atoms with Gasteiger partial charge in [0.1, 0.15) is 11.3 Å². The molecule has 0 spiro atoms. The van der Waals surface area contributed by atoms with E-state index in [1.165, 1.54) is 7.11 Å². The minimum absolute atomic E-state index is 0.0759. The Labute approximate surface area is 156 Å². The molecular weight excluding hydrogens is 352 g/mol. The number of ether oxygens (including phenoxy) is 1. The highest BCUT2D eigenvalue weighted by molar-refractivity contribution is 6.31. The van der Waals surface area contributed by atoms with Crippen molar-refractivity contribution in [2.75, 3.05) is 12.4 Å². The maximum atomic E-state index is 12.9. The van der Waals surface area contributed by atoms with Crippen molar-refractivity contribution in [2.24, 2.45) is 0 Å². The molecule has 5 nitrogen and oxygen atoms in total. The standard InChI is InChI=1S/C20H19ClN2O3/c1-4-23-11-16(19(24)15-10-14(26-3)7-8-18(15)23)20(25)22-17-9-13(21)6-5-12(17)2/h5-11H,4H2,1-3H3,(H,22,25). The number of carbonyl (C=O) groups is 1. The number of hydrogen-bond donors (Lipinski definition) is 1. The summed E-state index contributed by atoms with van der Waals surface area (Å²) in [6, 6.07) is 10.5. The largest absolute Gasteiger partial charge is 0.497 e. The first-order valence-corrected chi connectivity index (χ1v) is 8.61. The number of benzene rings is 2. The van der Waals surface area contributed by atoms with Crippen molar-refractivity contribution in [1.29, 1.82) is 0 Å². The van der Waals surface area contributed by atoms with Crippen molar-refractivity contribution < 1.29 is 9.53 Å². The summed E-state index contributed by atoms with van der Waals surface area (Å²) in [6.45, 7) is 4.44. The number of aromatic nitrogens is 1. The smallest absolute Gasteiger partial charge is 0.261 e. The molecule has 0 unspecified atom stereocenters. The van der Waals surface area contributed by atoms with Crippen LogP contribution in [0.15, 0.2) is 47.4 Å². The summed E-state index contributed by atoms with van der Waals surface area (Å²) < 4.78 is 7.08. The molecule has 2 aromatic carbocycles. The van der Waals surface area contributed by atoms with Crippen LogP contribution in [0.1, 0.15) is 22.8 Å². The maximum Gasteiger partial charge on any atom is 0.261 e. The van der Waals surface area contributed by atoms with Gasteiger partial charge in [0.2, 0.25) is 5.43 Å². The number of halogens is 1. The van der Waals surface area contributed by atoms with Crippen LogP contribution in [0.2, 0.25) is 5.02 Å². The zero-order valence-electron chi connectivity index (χ0n) is 14.8. The Bertz CT molecular complexity index is 1060. The van der Waals surface area contributed by atoms with Gasteiger partial charge >= 0.3 is 0 Å². The third-order valence-electron chi connectivity index (χ3n) is 4.32. The van der Waals surface area contributed by atoms with Gasteiger partial charge in [0.25, 0.3) is 5.91 Å². The number of fused-ring (bicyclic) bond motifs is 1. The van der Waals surface area contributed by atoms with E-state index >= 15 is 0 Å². The lowest BCUT2D eigenvalue weighted by Crippen LogP contribution is -2.24. The van der Waals surface area contributed by atoms with Crippen LogP contribution in [-0.4, -0.2) is 17.6 Å². The van der Waals surface area contributed by atoms with Gasteiger partial charge in [-0.3, -0.25) is 9.59 Å². The van der Waals surface area contributed by atoms with Crippen LogP contribution < -0.4 is 15.5 Å². The summed E-state index contributed by atoms with van der Waals surface area (Å²) >= 11 is 6.01. The average molecular weight is 371 g/mol. The Kier molecular flexibility index (Phi) is 5.00. The van der Waals surface area contributed by atoms with Crippen molar-refractivity contribution in [1.82, 2.24) is 4.57 Å². The molecule has 0 saturated heterocycles. The maximum absolute atomic E-state index is 12.9. The fraction of sp³-hybridized carbons (Fsp3) is 0.200. The molecule has 0 fully saturated rings. The van der Waals surface area contributed by atoms with E-state index in [0.717, 1.165) is 11.1 Å². The lowest BCUT2D eigenvalue weighted by atomic mass is 10.1. The average Bonchev–Trinajstić information content (AvgIpc) is 2.64. The molecule has 0 atom stereocenters. The second-order valence-corrected chi connectivity index (χ2v) is 6.39. The fourth-order valence-electron chi connectivity index (χ4n) is 2.85. The number of aryl methyl sites for hydroxylation is 2. The molecule has 3 rings (SSSR count). The quantitative estimate of drug-likeness (QED) is 0.747. The molecule has 0 aliphatic rings. The molecule has 0 saturated carbocycles. The highest BCUT2D eigenvalue weighted by atomic mass is 35.5. The van der Waals surface area contributed by atoms with Gasteiger partial charge in [0.05, 0.1) is 18.0 Å². The molecule has 1 amide bonds. The van der Waals surface area contributed by atoms with E-state index in [2.05, 4.69) is 5.32 Å². The van der Waals surface area contributed by atoms with Crippen molar-refractivity contribution in [3.63, 3.8) is 0 Å². The van der Waals surface area contributed by atoms with Crippen LogP contribution in [0.3, 0.4) is 0 Å². The molecule has 0 aliphatic carbocycles. The summed E-state index contributed by atoms with van der Waals surface area (Å²) in [6.07, 6.45) is 1.59. The Morgan fingerprint density at radius 2 is 2.00 bits per heavy atom. The van der Waals surface area contributed by atoms with Gasteiger partial charge < -0.3 is 14.6 Å². The lowest BCUT2D eigenvalue weighted by molar-refractivity contribution is 0.102. The first-order valence-electron chi connectivity index (χ1n) is 8.23. The zero-order valence-corrected chi connectivity index (χ0v) is 15.6. The molecule has 1 heterocycles. The predicted octanol–water partition coefficient (Wildman–Crippen LogP) is 4.24. The molecule has 1 N–H and O–H groups in total. The Morgan fingerprint density at radius 3 is 2.69 bits per heavy atom. The Morgan fingerprint density at radius 1 is 1.23 bits per heavy atom. The van der Waals surface area contributed by atoms with Gasteiger partial charge in [-0.2, -0.15) is 0 Å². The van der Waals surface area contributed by atoms with Gasteiger partial charge in [0, 0.05) is 23.5 Å². The topological polar surface area (TPSA) is 60.3 Å². The molecule has 3 aromatic rings. The second kappa shape index (κ2) is 7.22. The highest BCUT2D eigenvalue weighted by Gasteiger charge is 2.16. The summed E-state index contributed by atoms with van der Waals surface area (Å²) in [5.74, 6) is 0.104. The number of anilines is 1. The van der Waals surface area contributed by atoms with E-state index in [1.54, 1.807) is 30.5 Å². The van der Waals surface area contributed by atoms with Gasteiger partial charge in [-0.05, 0) is 49.7 Å². The molecule has 6 heteroatoms. The molecule has 0 radical (unpaired) electrons. The molecule has 1 aromatic heterocycles. The minimum Gasteiger partial charge on any atom is -0.497 e. The number of pyridine rings is 1. The fourth-order valence-corrected chi connectivity index (χ4v) is 3.02. The summed E-state index contributed by atoms with van der Waals surface area (Å²) in [5.41, 5.74) is 1.94. The molecule has 26 heavy (non-hydrogen) atoms. The molecule has 134 valence electrons. The van der Waals surface area contributed by atoms with E-state index < -0.39 is 5.91 Å². The Balaban J connectivity index is 2.11. The molecule has 0 bridgehead atoms. The van der Waals surface area contributed by atoms with E-state index in [1.807, 2.05) is 30.5 Å².